The van der Waals surface area contributed by atoms with Gasteiger partial charge in [-0.15, -0.1) is 0 Å². The Morgan fingerprint density at radius 2 is 1.90 bits per heavy atom. The fraction of sp³-hybridized carbons (Fsp3) is 0.0909. The second-order valence-corrected chi connectivity index (χ2v) is 6.65. The van der Waals surface area contributed by atoms with E-state index in [1.807, 2.05) is 41.9 Å². The normalized spacial score (nSPS) is 11.0. The Bertz CT molecular complexity index is 1280. The first-order chi connectivity index (χ1) is 14.4. The Hall–Kier alpha value is -3.81. The number of benzene rings is 2. The molecule has 0 aliphatic carbocycles. The number of nitrogens with one attached hydrogen (secondary N) is 1. The van der Waals surface area contributed by atoms with E-state index in [0.717, 1.165) is 23.9 Å². The van der Waals surface area contributed by atoms with Gasteiger partial charge in [-0.3, -0.25) is 4.79 Å². The van der Waals surface area contributed by atoms with Crippen molar-refractivity contribution in [2.75, 3.05) is 12.4 Å². The highest BCUT2D eigenvalue weighted by atomic mass is 19.2. The van der Waals surface area contributed by atoms with Gasteiger partial charge in [-0.1, -0.05) is 18.2 Å². The quantitative estimate of drug-likeness (QED) is 0.482. The zero-order valence-corrected chi connectivity index (χ0v) is 16.0. The fourth-order valence-corrected chi connectivity index (χ4v) is 3.17. The van der Waals surface area contributed by atoms with Gasteiger partial charge >= 0.3 is 0 Å². The van der Waals surface area contributed by atoms with E-state index in [1.165, 1.54) is 0 Å². The maximum absolute atomic E-state index is 14.4. The van der Waals surface area contributed by atoms with Crippen LogP contribution < -0.4 is 10.1 Å². The monoisotopic (exact) mass is 411 g/mol. The molecule has 2 aromatic heterocycles. The molecular formula is C22H16F3N3O2. The Morgan fingerprint density at radius 3 is 2.63 bits per heavy atom. The predicted molar refractivity (Wildman–Crippen MR) is 106 cm³/mol. The topological polar surface area (TPSA) is 55.6 Å². The van der Waals surface area contributed by atoms with Crippen molar-refractivity contribution in [2.24, 2.45) is 0 Å². The number of aryl methyl sites for hydroxylation is 1. The van der Waals surface area contributed by atoms with Gasteiger partial charge < -0.3 is 14.5 Å². The lowest BCUT2D eigenvalue weighted by Crippen LogP contribution is -2.15. The van der Waals surface area contributed by atoms with Crippen LogP contribution in [0.4, 0.5) is 18.9 Å². The molecule has 30 heavy (non-hydrogen) atoms. The van der Waals surface area contributed by atoms with Crippen LogP contribution in [0.2, 0.25) is 0 Å². The number of rotatable bonds is 4. The minimum atomic E-state index is -1.49. The van der Waals surface area contributed by atoms with E-state index in [2.05, 4.69) is 15.0 Å². The van der Waals surface area contributed by atoms with Crippen LogP contribution in [0.15, 0.2) is 54.9 Å². The van der Waals surface area contributed by atoms with Crippen molar-refractivity contribution in [3.05, 3.63) is 83.4 Å². The molecule has 0 aliphatic rings. The Kier molecular flexibility index (Phi) is 4.91. The van der Waals surface area contributed by atoms with Crippen LogP contribution in [0.1, 0.15) is 15.9 Å². The van der Waals surface area contributed by atoms with Gasteiger partial charge in [-0.25, -0.2) is 13.8 Å². The number of pyridine rings is 1. The molecule has 152 valence electrons. The van der Waals surface area contributed by atoms with Gasteiger partial charge in [0.05, 0.1) is 18.4 Å². The van der Waals surface area contributed by atoms with Gasteiger partial charge in [0.15, 0.2) is 17.4 Å². The number of hydrogen-bond donors (Lipinski definition) is 1. The molecule has 1 N–H and O–H groups in total. The minimum Gasteiger partial charge on any atom is -0.491 e. The van der Waals surface area contributed by atoms with Crippen LogP contribution in [0.5, 0.6) is 5.75 Å². The lowest BCUT2D eigenvalue weighted by atomic mass is 10.1. The maximum Gasteiger partial charge on any atom is 0.258 e. The zero-order chi connectivity index (χ0) is 21.4. The SMILES string of the molecule is COc1c(F)c(F)cc(C(=O)Nc2cccc(-c3cn4cccc(C)c4n3)c2)c1F. The van der Waals surface area contributed by atoms with Gasteiger partial charge in [-0.05, 0) is 36.8 Å². The van der Waals surface area contributed by atoms with E-state index in [9.17, 15) is 18.0 Å². The summed E-state index contributed by atoms with van der Waals surface area (Å²) in [5, 5.41) is 2.49. The summed E-state index contributed by atoms with van der Waals surface area (Å²) in [4.78, 5) is 17.1. The molecule has 0 fully saturated rings. The zero-order valence-electron chi connectivity index (χ0n) is 16.0. The summed E-state index contributed by atoms with van der Waals surface area (Å²) < 4.78 is 48.1. The second kappa shape index (κ2) is 7.55. The highest BCUT2D eigenvalue weighted by molar-refractivity contribution is 6.05. The molecule has 5 nitrogen and oxygen atoms in total. The molecule has 0 saturated heterocycles. The molecule has 8 heteroatoms. The number of aromatic nitrogens is 2. The summed E-state index contributed by atoms with van der Waals surface area (Å²) in [6, 6.07) is 11.1. The van der Waals surface area contributed by atoms with E-state index in [0.29, 0.717) is 17.4 Å². The van der Waals surface area contributed by atoms with E-state index in [4.69, 9.17) is 0 Å². The molecule has 0 aliphatic heterocycles. The Morgan fingerprint density at radius 1 is 1.10 bits per heavy atom. The number of halogens is 3. The van der Waals surface area contributed by atoms with Crippen LogP contribution in [-0.2, 0) is 0 Å². The summed E-state index contributed by atoms with van der Waals surface area (Å²) in [5.41, 5.74) is 2.89. The van der Waals surface area contributed by atoms with Crippen molar-refractivity contribution in [1.82, 2.24) is 9.38 Å². The van der Waals surface area contributed by atoms with Crippen molar-refractivity contribution >= 4 is 17.2 Å². The van der Waals surface area contributed by atoms with Gasteiger partial charge in [-0.2, -0.15) is 4.39 Å². The number of hydrogen-bond acceptors (Lipinski definition) is 3. The summed E-state index contributed by atoms with van der Waals surface area (Å²) in [7, 11) is 0.989. The molecule has 0 spiro atoms. The molecule has 1 amide bonds. The molecule has 0 bridgehead atoms. The first kappa shape index (κ1) is 19.5. The summed E-state index contributed by atoms with van der Waals surface area (Å²) in [5.74, 6) is -6.04. The van der Waals surface area contributed by atoms with Gasteiger partial charge in [0.1, 0.15) is 5.65 Å². The highest BCUT2D eigenvalue weighted by Crippen LogP contribution is 2.28. The maximum atomic E-state index is 14.4. The van der Waals surface area contributed by atoms with E-state index < -0.39 is 34.7 Å². The third kappa shape index (κ3) is 3.36. The number of carbonyl (C=O) groups is 1. The molecule has 0 radical (unpaired) electrons. The van der Waals surface area contributed by atoms with Crippen LogP contribution in [0.25, 0.3) is 16.9 Å². The van der Waals surface area contributed by atoms with Crippen molar-refractivity contribution < 1.29 is 22.7 Å². The molecular weight excluding hydrogens is 395 g/mol. The van der Waals surface area contributed by atoms with Crippen molar-refractivity contribution in [2.45, 2.75) is 6.92 Å². The smallest absolute Gasteiger partial charge is 0.258 e. The number of imidazole rings is 1. The summed E-state index contributed by atoms with van der Waals surface area (Å²) in [6.07, 6.45) is 3.73. The van der Waals surface area contributed by atoms with Crippen LogP contribution in [0, 0.1) is 24.4 Å². The molecule has 4 aromatic rings. The average molecular weight is 411 g/mol. The summed E-state index contributed by atoms with van der Waals surface area (Å²) in [6.45, 7) is 1.95. The van der Waals surface area contributed by atoms with E-state index in [1.54, 1.807) is 18.2 Å². The molecule has 2 heterocycles. The number of methoxy groups -OCH3 is 1. The Labute approximate surface area is 169 Å². The number of anilines is 1. The molecule has 0 saturated carbocycles. The Balaban J connectivity index is 1.66. The van der Waals surface area contributed by atoms with Crippen molar-refractivity contribution in [3.8, 4) is 17.0 Å². The standard InChI is InChI=1S/C22H16F3N3O2/c1-12-5-4-8-28-11-17(27-21(12)28)13-6-3-7-14(9-13)26-22(29)15-10-16(23)19(25)20(30-2)18(15)24/h3-11H,1-2H3,(H,26,29). The van der Waals surface area contributed by atoms with Crippen molar-refractivity contribution in [1.29, 1.82) is 0 Å². The number of nitrogens with zero attached hydrogens (tertiary/aromatic N) is 2. The third-order valence-electron chi connectivity index (χ3n) is 4.66. The minimum absolute atomic E-state index is 0.342. The van der Waals surface area contributed by atoms with Crippen LogP contribution in [0.3, 0.4) is 0 Å². The largest absolute Gasteiger partial charge is 0.491 e. The number of fused-ring (bicyclic) bond motifs is 1. The lowest BCUT2D eigenvalue weighted by molar-refractivity contribution is 0.102. The molecule has 0 atom stereocenters. The first-order valence-corrected chi connectivity index (χ1v) is 8.96. The molecule has 4 rings (SSSR count). The first-order valence-electron chi connectivity index (χ1n) is 8.96. The second-order valence-electron chi connectivity index (χ2n) is 6.65. The van der Waals surface area contributed by atoms with Crippen LogP contribution >= 0.6 is 0 Å². The average Bonchev–Trinajstić information content (AvgIpc) is 3.17. The fourth-order valence-electron chi connectivity index (χ4n) is 3.17. The number of ether oxygens (including phenoxy) is 1. The lowest BCUT2D eigenvalue weighted by Gasteiger charge is -2.10. The van der Waals surface area contributed by atoms with Crippen molar-refractivity contribution in [3.63, 3.8) is 0 Å². The molecule has 2 aromatic carbocycles. The van der Waals surface area contributed by atoms with Gasteiger partial charge in [0.2, 0.25) is 5.82 Å². The predicted octanol–water partition coefficient (Wildman–Crippen LogP) is 4.99. The van der Waals surface area contributed by atoms with E-state index in [-0.39, 0.29) is 0 Å². The van der Waals surface area contributed by atoms with Gasteiger partial charge in [0, 0.05) is 23.6 Å². The number of amides is 1. The number of carbonyl (C=O) groups excluding carboxylic acids is 1. The highest BCUT2D eigenvalue weighted by Gasteiger charge is 2.23. The summed E-state index contributed by atoms with van der Waals surface area (Å²) >= 11 is 0. The third-order valence-corrected chi connectivity index (χ3v) is 4.66. The van der Waals surface area contributed by atoms with E-state index >= 15 is 0 Å². The van der Waals surface area contributed by atoms with Gasteiger partial charge in [0.25, 0.3) is 5.91 Å². The van der Waals surface area contributed by atoms with Crippen LogP contribution in [-0.4, -0.2) is 22.4 Å². The molecule has 0 unspecified atom stereocenters.